The lowest BCUT2D eigenvalue weighted by atomic mass is 10.0. The second-order valence-corrected chi connectivity index (χ2v) is 5.83. The van der Waals surface area contributed by atoms with E-state index < -0.39 is 12.7 Å². The molecule has 0 spiro atoms. The van der Waals surface area contributed by atoms with Crippen molar-refractivity contribution in [2.75, 3.05) is 13.2 Å². The summed E-state index contributed by atoms with van der Waals surface area (Å²) in [6.45, 7) is 3.43. The maximum absolute atomic E-state index is 12.1. The van der Waals surface area contributed by atoms with E-state index in [-0.39, 0.29) is 5.75 Å². The predicted molar refractivity (Wildman–Crippen MR) is 80.0 cm³/mol. The van der Waals surface area contributed by atoms with Crippen molar-refractivity contribution in [3.63, 3.8) is 0 Å². The minimum Gasteiger partial charge on any atom is -0.406 e. The molecular weight excluding hydrogens is 309 g/mol. The zero-order chi connectivity index (χ0) is 16.7. The molecule has 0 atom stereocenters. The summed E-state index contributed by atoms with van der Waals surface area (Å²) in [5, 5.41) is 0. The zero-order valence-electron chi connectivity index (χ0n) is 13.3. The number of rotatable bonds is 7. The first kappa shape index (κ1) is 18.1. The van der Waals surface area contributed by atoms with Crippen LogP contribution in [-0.2, 0) is 9.47 Å². The molecule has 1 aliphatic heterocycles. The van der Waals surface area contributed by atoms with Crippen LogP contribution in [0, 0.1) is 5.92 Å². The summed E-state index contributed by atoms with van der Waals surface area (Å²) in [4.78, 5) is 0. The molecule has 0 aliphatic carbocycles. The number of hydrogen-bond acceptors (Lipinski definition) is 3. The third kappa shape index (κ3) is 6.39. The van der Waals surface area contributed by atoms with Crippen molar-refractivity contribution in [2.45, 2.75) is 51.7 Å². The topological polar surface area (TPSA) is 27.7 Å². The smallest absolute Gasteiger partial charge is 0.406 e. The van der Waals surface area contributed by atoms with Gasteiger partial charge in [0.1, 0.15) is 5.75 Å². The highest BCUT2D eigenvalue weighted by atomic mass is 19.4. The van der Waals surface area contributed by atoms with Crippen LogP contribution in [0.2, 0.25) is 0 Å². The van der Waals surface area contributed by atoms with Crippen LogP contribution in [0.4, 0.5) is 13.2 Å². The highest BCUT2D eigenvalue weighted by molar-refractivity contribution is 5.28. The Bertz CT molecular complexity index is 451. The SMILES string of the molecule is CCCCCCC1COC(c2ccc(OC(F)(F)F)cc2)OC1. The first-order valence-electron chi connectivity index (χ1n) is 8.07. The molecule has 1 saturated heterocycles. The first-order chi connectivity index (χ1) is 11.0. The van der Waals surface area contributed by atoms with Crippen LogP contribution >= 0.6 is 0 Å². The van der Waals surface area contributed by atoms with Crippen LogP contribution in [-0.4, -0.2) is 19.6 Å². The Labute approximate surface area is 134 Å². The molecule has 130 valence electrons. The van der Waals surface area contributed by atoms with Gasteiger partial charge in [0.25, 0.3) is 0 Å². The highest BCUT2D eigenvalue weighted by Gasteiger charge is 2.31. The maximum atomic E-state index is 12.1. The average molecular weight is 332 g/mol. The molecule has 6 heteroatoms. The molecule has 23 heavy (non-hydrogen) atoms. The van der Waals surface area contributed by atoms with Gasteiger partial charge < -0.3 is 14.2 Å². The lowest BCUT2D eigenvalue weighted by Crippen LogP contribution is -2.27. The van der Waals surface area contributed by atoms with Crippen molar-refractivity contribution in [1.82, 2.24) is 0 Å². The van der Waals surface area contributed by atoms with Crippen molar-refractivity contribution in [2.24, 2.45) is 5.92 Å². The molecule has 1 fully saturated rings. The highest BCUT2D eigenvalue weighted by Crippen LogP contribution is 2.29. The normalized spacial score (nSPS) is 22.1. The fourth-order valence-electron chi connectivity index (χ4n) is 2.59. The van der Waals surface area contributed by atoms with Crippen LogP contribution in [0.5, 0.6) is 5.75 Å². The summed E-state index contributed by atoms with van der Waals surface area (Å²) < 4.78 is 51.6. The van der Waals surface area contributed by atoms with Gasteiger partial charge in [-0.3, -0.25) is 0 Å². The number of benzene rings is 1. The monoisotopic (exact) mass is 332 g/mol. The molecule has 1 heterocycles. The van der Waals surface area contributed by atoms with E-state index in [0.29, 0.717) is 24.7 Å². The molecule has 0 unspecified atom stereocenters. The van der Waals surface area contributed by atoms with Crippen molar-refractivity contribution >= 4 is 0 Å². The Morgan fingerprint density at radius 3 is 2.26 bits per heavy atom. The molecular formula is C17H23F3O3. The Hall–Kier alpha value is -1.27. The van der Waals surface area contributed by atoms with E-state index in [0.717, 1.165) is 6.42 Å². The molecule has 0 N–H and O–H groups in total. The minimum absolute atomic E-state index is 0.245. The van der Waals surface area contributed by atoms with E-state index in [9.17, 15) is 13.2 Å². The molecule has 3 nitrogen and oxygen atoms in total. The zero-order valence-corrected chi connectivity index (χ0v) is 13.3. The van der Waals surface area contributed by atoms with Gasteiger partial charge in [0.2, 0.25) is 0 Å². The van der Waals surface area contributed by atoms with Gasteiger partial charge in [-0.2, -0.15) is 0 Å². The van der Waals surface area contributed by atoms with Gasteiger partial charge in [-0.1, -0.05) is 44.7 Å². The van der Waals surface area contributed by atoms with Gasteiger partial charge in [0.15, 0.2) is 6.29 Å². The average Bonchev–Trinajstić information content (AvgIpc) is 2.52. The van der Waals surface area contributed by atoms with Crippen LogP contribution in [0.15, 0.2) is 24.3 Å². The molecule has 0 saturated carbocycles. The summed E-state index contributed by atoms with van der Waals surface area (Å²) in [5.41, 5.74) is 0.698. The van der Waals surface area contributed by atoms with Gasteiger partial charge >= 0.3 is 6.36 Å². The van der Waals surface area contributed by atoms with E-state index in [2.05, 4.69) is 11.7 Å². The summed E-state index contributed by atoms with van der Waals surface area (Å²) in [6, 6.07) is 5.61. The number of unbranched alkanes of at least 4 members (excludes halogenated alkanes) is 3. The molecule has 0 radical (unpaired) electrons. The van der Waals surface area contributed by atoms with Gasteiger partial charge in [-0.15, -0.1) is 13.2 Å². The van der Waals surface area contributed by atoms with E-state index in [1.807, 2.05) is 0 Å². The summed E-state index contributed by atoms with van der Waals surface area (Å²) in [6.07, 6.45) is 0.783. The predicted octanol–water partition coefficient (Wildman–Crippen LogP) is 5.22. The second-order valence-electron chi connectivity index (χ2n) is 5.83. The second kappa shape index (κ2) is 8.55. The quantitative estimate of drug-likeness (QED) is 0.641. The van der Waals surface area contributed by atoms with Gasteiger partial charge in [-0.25, -0.2) is 0 Å². The Morgan fingerprint density at radius 2 is 1.70 bits per heavy atom. The number of alkyl halides is 3. The fourth-order valence-corrected chi connectivity index (χ4v) is 2.59. The molecule has 0 aromatic heterocycles. The largest absolute Gasteiger partial charge is 0.573 e. The summed E-state index contributed by atoms with van der Waals surface area (Å²) in [7, 11) is 0. The van der Waals surface area contributed by atoms with Crippen molar-refractivity contribution < 1.29 is 27.4 Å². The molecule has 0 amide bonds. The lowest BCUT2D eigenvalue weighted by molar-refractivity contribution is -0.274. The molecule has 0 bridgehead atoms. The van der Waals surface area contributed by atoms with Crippen LogP contribution in [0.3, 0.4) is 0 Å². The van der Waals surface area contributed by atoms with Crippen molar-refractivity contribution in [1.29, 1.82) is 0 Å². The molecule has 1 aromatic carbocycles. The Balaban J connectivity index is 1.76. The fraction of sp³-hybridized carbons (Fsp3) is 0.647. The third-order valence-electron chi connectivity index (χ3n) is 3.82. The van der Waals surface area contributed by atoms with Crippen LogP contribution in [0.25, 0.3) is 0 Å². The number of ether oxygens (including phenoxy) is 3. The standard InChI is InChI=1S/C17H23F3O3/c1-2-3-4-5-6-13-11-21-16(22-12-13)14-7-9-15(10-8-14)23-17(18,19)20/h7-10,13,16H,2-6,11-12H2,1H3. The lowest BCUT2D eigenvalue weighted by Gasteiger charge is -2.29. The van der Waals surface area contributed by atoms with Crippen molar-refractivity contribution in [3.8, 4) is 5.75 Å². The number of halogens is 3. The minimum atomic E-state index is -4.68. The van der Waals surface area contributed by atoms with E-state index in [4.69, 9.17) is 9.47 Å². The summed E-state index contributed by atoms with van der Waals surface area (Å²) >= 11 is 0. The first-order valence-corrected chi connectivity index (χ1v) is 8.07. The summed E-state index contributed by atoms with van der Waals surface area (Å²) in [5.74, 6) is 0.154. The van der Waals surface area contributed by atoms with Crippen molar-refractivity contribution in [3.05, 3.63) is 29.8 Å². The maximum Gasteiger partial charge on any atom is 0.573 e. The number of hydrogen-bond donors (Lipinski definition) is 0. The molecule has 1 aromatic rings. The van der Waals surface area contributed by atoms with E-state index in [1.165, 1.54) is 49.9 Å². The van der Waals surface area contributed by atoms with E-state index >= 15 is 0 Å². The van der Waals surface area contributed by atoms with Gasteiger partial charge in [-0.05, 0) is 18.6 Å². The van der Waals surface area contributed by atoms with E-state index in [1.54, 1.807) is 0 Å². The molecule has 1 aliphatic rings. The Morgan fingerprint density at radius 1 is 1.04 bits per heavy atom. The van der Waals surface area contributed by atoms with Gasteiger partial charge in [0, 0.05) is 11.5 Å². The molecule has 2 rings (SSSR count). The third-order valence-corrected chi connectivity index (χ3v) is 3.82. The van der Waals surface area contributed by atoms with Crippen LogP contribution in [0.1, 0.15) is 50.9 Å². The van der Waals surface area contributed by atoms with Crippen LogP contribution < -0.4 is 4.74 Å². The Kier molecular flexibility index (Phi) is 6.72. The van der Waals surface area contributed by atoms with Gasteiger partial charge in [0.05, 0.1) is 13.2 Å².